The van der Waals surface area contributed by atoms with Crippen molar-refractivity contribution in [2.24, 2.45) is 0 Å². The minimum absolute atomic E-state index is 0.251. The Balaban J connectivity index is 2.75. The third-order valence-corrected chi connectivity index (χ3v) is 2.65. The Bertz CT molecular complexity index is 412. The lowest BCUT2D eigenvalue weighted by molar-refractivity contribution is 0.523. The molecule has 18 heavy (non-hydrogen) atoms. The van der Waals surface area contributed by atoms with Gasteiger partial charge in [0.1, 0.15) is 11.9 Å². The average molecular weight is 249 g/mol. The van der Waals surface area contributed by atoms with Gasteiger partial charge in [0.15, 0.2) is 0 Å². The van der Waals surface area contributed by atoms with E-state index in [2.05, 4.69) is 11.4 Å². The van der Waals surface area contributed by atoms with Crippen LogP contribution < -0.4 is 10.2 Å². The summed E-state index contributed by atoms with van der Waals surface area (Å²) in [7, 11) is 0. The van der Waals surface area contributed by atoms with E-state index < -0.39 is 0 Å². The first kappa shape index (κ1) is 14.5. The van der Waals surface area contributed by atoms with E-state index >= 15 is 0 Å². The number of anilines is 1. The van der Waals surface area contributed by atoms with E-state index in [-0.39, 0.29) is 17.9 Å². The zero-order chi connectivity index (χ0) is 13.5. The van der Waals surface area contributed by atoms with Crippen LogP contribution in [0.3, 0.4) is 0 Å². The summed E-state index contributed by atoms with van der Waals surface area (Å²) in [5.74, 6) is -0.253. The highest BCUT2D eigenvalue weighted by Gasteiger charge is 2.14. The first-order valence-electron chi connectivity index (χ1n) is 6.23. The highest BCUT2D eigenvalue weighted by atomic mass is 19.1. The molecule has 1 aromatic rings. The Kier molecular flexibility index (Phi) is 5.60. The van der Waals surface area contributed by atoms with Gasteiger partial charge in [0, 0.05) is 24.8 Å². The quantitative estimate of drug-likeness (QED) is 0.842. The second-order valence-corrected chi connectivity index (χ2v) is 4.52. The van der Waals surface area contributed by atoms with Crippen molar-refractivity contribution in [3.8, 4) is 6.07 Å². The zero-order valence-corrected chi connectivity index (χ0v) is 11.2. The molecule has 0 radical (unpaired) electrons. The van der Waals surface area contributed by atoms with Crippen LogP contribution in [0.25, 0.3) is 0 Å². The number of likely N-dealkylation sites (N-methyl/N-ethyl adjacent to an activating group) is 1. The smallest absolute Gasteiger partial charge is 0.125 e. The topological polar surface area (TPSA) is 39.1 Å². The van der Waals surface area contributed by atoms with E-state index in [4.69, 9.17) is 5.26 Å². The lowest BCUT2D eigenvalue weighted by atomic mass is 10.2. The average Bonchev–Trinajstić information content (AvgIpc) is 2.33. The van der Waals surface area contributed by atoms with Crippen LogP contribution in [0, 0.1) is 17.1 Å². The largest absolute Gasteiger partial charge is 0.369 e. The number of benzene rings is 1. The van der Waals surface area contributed by atoms with Crippen molar-refractivity contribution in [3.05, 3.63) is 30.1 Å². The fraction of sp³-hybridized carbons (Fsp3) is 0.500. The van der Waals surface area contributed by atoms with Gasteiger partial charge in [-0.25, -0.2) is 4.39 Å². The molecular weight excluding hydrogens is 229 g/mol. The first-order chi connectivity index (χ1) is 8.56. The van der Waals surface area contributed by atoms with Crippen LogP contribution in [0.2, 0.25) is 0 Å². The van der Waals surface area contributed by atoms with Crippen LogP contribution in [0.15, 0.2) is 24.3 Å². The molecule has 0 spiro atoms. The van der Waals surface area contributed by atoms with E-state index in [1.807, 2.05) is 31.7 Å². The maximum Gasteiger partial charge on any atom is 0.125 e. The van der Waals surface area contributed by atoms with Gasteiger partial charge in [-0.05, 0) is 39.0 Å². The van der Waals surface area contributed by atoms with Crippen molar-refractivity contribution in [1.82, 2.24) is 5.32 Å². The molecule has 98 valence electrons. The third kappa shape index (κ3) is 4.34. The van der Waals surface area contributed by atoms with E-state index in [9.17, 15) is 4.39 Å². The summed E-state index contributed by atoms with van der Waals surface area (Å²) in [6.07, 6.45) is 0. The maximum atomic E-state index is 13.2. The number of hydrogen-bond donors (Lipinski definition) is 1. The van der Waals surface area contributed by atoms with Gasteiger partial charge in [-0.15, -0.1) is 0 Å². The summed E-state index contributed by atoms with van der Waals surface area (Å²) in [5.41, 5.74) is 0.809. The number of nitrogens with one attached hydrogen (secondary N) is 1. The molecule has 0 heterocycles. The van der Waals surface area contributed by atoms with Gasteiger partial charge >= 0.3 is 0 Å². The summed E-state index contributed by atoms with van der Waals surface area (Å²) in [6, 6.07) is 8.69. The molecule has 0 aliphatic carbocycles. The Hall–Kier alpha value is -1.60. The number of halogens is 1. The molecular formula is C14H20FN3. The third-order valence-electron chi connectivity index (χ3n) is 2.65. The van der Waals surface area contributed by atoms with E-state index in [1.165, 1.54) is 12.1 Å². The minimum atomic E-state index is -0.256. The highest BCUT2D eigenvalue weighted by Crippen LogP contribution is 2.15. The lowest BCUT2D eigenvalue weighted by Crippen LogP contribution is -2.43. The maximum absolute atomic E-state index is 13.2. The molecule has 0 amide bonds. The molecule has 1 aromatic carbocycles. The molecule has 0 aliphatic heterocycles. The SMILES string of the molecule is CCN(CC(C#N)NC(C)C)c1cccc(F)c1. The van der Waals surface area contributed by atoms with Crippen molar-refractivity contribution in [2.45, 2.75) is 32.9 Å². The van der Waals surface area contributed by atoms with Gasteiger partial charge < -0.3 is 4.90 Å². The molecule has 0 saturated carbocycles. The molecule has 0 saturated heterocycles. The van der Waals surface area contributed by atoms with Crippen LogP contribution in [0.5, 0.6) is 0 Å². The number of nitrogens with zero attached hydrogens (tertiary/aromatic N) is 2. The fourth-order valence-corrected chi connectivity index (χ4v) is 1.84. The summed E-state index contributed by atoms with van der Waals surface area (Å²) in [5, 5.41) is 12.3. The zero-order valence-electron chi connectivity index (χ0n) is 11.2. The van der Waals surface area contributed by atoms with E-state index in [0.29, 0.717) is 6.54 Å². The Labute approximate surface area is 108 Å². The van der Waals surface area contributed by atoms with Gasteiger partial charge in [0.05, 0.1) is 6.07 Å². The molecule has 0 aliphatic rings. The second kappa shape index (κ2) is 6.97. The van der Waals surface area contributed by atoms with Gasteiger partial charge in [-0.1, -0.05) is 6.07 Å². The number of nitriles is 1. The predicted octanol–water partition coefficient (Wildman–Crippen LogP) is 2.54. The van der Waals surface area contributed by atoms with Crippen LogP contribution in [-0.4, -0.2) is 25.2 Å². The highest BCUT2D eigenvalue weighted by molar-refractivity contribution is 5.46. The van der Waals surface area contributed by atoms with Crippen molar-refractivity contribution >= 4 is 5.69 Å². The fourth-order valence-electron chi connectivity index (χ4n) is 1.84. The monoisotopic (exact) mass is 249 g/mol. The van der Waals surface area contributed by atoms with Crippen molar-refractivity contribution in [3.63, 3.8) is 0 Å². The summed E-state index contributed by atoms with van der Waals surface area (Å²) in [4.78, 5) is 1.99. The Morgan fingerprint density at radius 3 is 2.67 bits per heavy atom. The Morgan fingerprint density at radius 1 is 1.44 bits per heavy atom. The van der Waals surface area contributed by atoms with Crippen molar-refractivity contribution < 1.29 is 4.39 Å². The van der Waals surface area contributed by atoms with Crippen LogP contribution in [0.1, 0.15) is 20.8 Å². The van der Waals surface area contributed by atoms with E-state index in [1.54, 1.807) is 6.07 Å². The molecule has 0 aromatic heterocycles. The first-order valence-corrected chi connectivity index (χ1v) is 6.23. The lowest BCUT2D eigenvalue weighted by Gasteiger charge is -2.26. The van der Waals surface area contributed by atoms with Crippen LogP contribution in [0.4, 0.5) is 10.1 Å². The van der Waals surface area contributed by atoms with Gasteiger partial charge in [0.2, 0.25) is 0 Å². The minimum Gasteiger partial charge on any atom is -0.369 e. The van der Waals surface area contributed by atoms with Gasteiger partial charge in [-0.3, -0.25) is 5.32 Å². The normalized spacial score (nSPS) is 12.2. The summed E-state index contributed by atoms with van der Waals surface area (Å²) >= 11 is 0. The summed E-state index contributed by atoms with van der Waals surface area (Å²) < 4.78 is 13.2. The molecule has 1 rings (SSSR count). The summed E-state index contributed by atoms with van der Waals surface area (Å²) in [6.45, 7) is 7.29. The second-order valence-electron chi connectivity index (χ2n) is 4.52. The molecule has 0 bridgehead atoms. The standard InChI is InChI=1S/C14H20FN3/c1-4-18(10-13(9-16)17-11(2)3)14-7-5-6-12(15)8-14/h5-8,11,13,17H,4,10H2,1-3H3. The molecule has 1 atom stereocenters. The number of rotatable bonds is 6. The van der Waals surface area contributed by atoms with Gasteiger partial charge in [0.25, 0.3) is 0 Å². The molecule has 1 unspecified atom stereocenters. The molecule has 1 N–H and O–H groups in total. The van der Waals surface area contributed by atoms with Crippen LogP contribution >= 0.6 is 0 Å². The number of hydrogen-bond acceptors (Lipinski definition) is 3. The Morgan fingerprint density at radius 2 is 2.17 bits per heavy atom. The van der Waals surface area contributed by atoms with Gasteiger partial charge in [-0.2, -0.15) is 5.26 Å². The van der Waals surface area contributed by atoms with Crippen molar-refractivity contribution in [1.29, 1.82) is 5.26 Å². The molecule has 3 nitrogen and oxygen atoms in total. The molecule has 0 fully saturated rings. The van der Waals surface area contributed by atoms with Crippen LogP contribution in [-0.2, 0) is 0 Å². The van der Waals surface area contributed by atoms with E-state index in [0.717, 1.165) is 12.2 Å². The predicted molar refractivity (Wildman–Crippen MR) is 72.0 cm³/mol. The molecule has 4 heteroatoms. The van der Waals surface area contributed by atoms with Crippen molar-refractivity contribution in [2.75, 3.05) is 18.0 Å².